The van der Waals surface area contributed by atoms with Crippen molar-refractivity contribution in [3.63, 3.8) is 0 Å². The van der Waals surface area contributed by atoms with Crippen molar-refractivity contribution >= 4 is 35.5 Å². The first-order chi connectivity index (χ1) is 9.47. The molecule has 0 aliphatic carbocycles. The summed E-state index contributed by atoms with van der Waals surface area (Å²) in [6.07, 6.45) is -1.65. The quantitative estimate of drug-likeness (QED) is 0.621. The topological polar surface area (TPSA) is 112 Å². The molecule has 2 aliphatic heterocycles. The molecular weight excluding hydrogens is 312 g/mol. The highest BCUT2D eigenvalue weighted by Crippen LogP contribution is 2.24. The number of carbonyl (C=O) groups excluding carboxylic acids is 2. The van der Waals surface area contributed by atoms with Crippen LogP contribution in [0.1, 0.15) is 0 Å². The van der Waals surface area contributed by atoms with Gasteiger partial charge < -0.3 is 29.2 Å². The summed E-state index contributed by atoms with van der Waals surface area (Å²) in [6.45, 7) is 0. The van der Waals surface area contributed by atoms with E-state index in [0.29, 0.717) is 11.5 Å². The largest absolute Gasteiger partial charge is 0.466 e. The number of carbonyl (C=O) groups is 2. The molecule has 0 saturated carbocycles. The van der Waals surface area contributed by atoms with Crippen LogP contribution in [0.4, 0.5) is 0 Å². The van der Waals surface area contributed by atoms with Crippen molar-refractivity contribution in [2.45, 2.75) is 23.5 Å². The van der Waals surface area contributed by atoms with Crippen LogP contribution in [0.3, 0.4) is 0 Å². The lowest BCUT2D eigenvalue weighted by Gasteiger charge is -2.05. The van der Waals surface area contributed by atoms with Gasteiger partial charge in [0.2, 0.25) is 10.9 Å². The third-order valence-electron chi connectivity index (χ3n) is 2.13. The Morgan fingerprint density at radius 3 is 1.50 bits per heavy atom. The minimum Gasteiger partial charge on any atom is -0.466 e. The van der Waals surface area contributed by atoms with Crippen molar-refractivity contribution in [2.24, 2.45) is 0 Å². The lowest BCUT2D eigenvalue weighted by molar-refractivity contribution is -0.158. The van der Waals surface area contributed by atoms with Gasteiger partial charge in [0.25, 0.3) is 0 Å². The Kier molecular flexibility index (Phi) is 7.62. The molecule has 8 nitrogen and oxygen atoms in total. The minimum atomic E-state index is -0.825. The zero-order chi connectivity index (χ0) is 15.1. The van der Waals surface area contributed by atoms with Crippen LogP contribution >= 0.6 is 23.5 Å². The Balaban J connectivity index is 0.000000200. The van der Waals surface area contributed by atoms with E-state index in [1.165, 1.54) is 37.7 Å². The first-order valence-corrected chi connectivity index (χ1v) is 7.63. The smallest absolute Gasteiger partial charge is 0.345 e. The number of aliphatic hydroxyl groups is 2. The minimum absolute atomic E-state index is 0.430. The summed E-state index contributed by atoms with van der Waals surface area (Å²) in [4.78, 5) is 21.4. The van der Waals surface area contributed by atoms with Gasteiger partial charge in [-0.1, -0.05) is 0 Å². The fourth-order valence-electron chi connectivity index (χ4n) is 1.22. The molecule has 0 spiro atoms. The molecular formula is C10H16O8S2. The van der Waals surface area contributed by atoms with Gasteiger partial charge >= 0.3 is 11.9 Å². The van der Waals surface area contributed by atoms with Crippen molar-refractivity contribution in [1.29, 1.82) is 0 Å². The molecule has 0 bridgehead atoms. The van der Waals surface area contributed by atoms with Crippen LogP contribution < -0.4 is 0 Å². The van der Waals surface area contributed by atoms with Crippen LogP contribution in [0, 0.1) is 0 Å². The second kappa shape index (κ2) is 8.70. The van der Waals surface area contributed by atoms with Crippen molar-refractivity contribution in [2.75, 3.05) is 25.7 Å². The van der Waals surface area contributed by atoms with Gasteiger partial charge in [-0.15, -0.1) is 23.5 Å². The monoisotopic (exact) mass is 328 g/mol. The molecule has 0 aromatic rings. The van der Waals surface area contributed by atoms with Crippen LogP contribution in [-0.4, -0.2) is 71.3 Å². The van der Waals surface area contributed by atoms with E-state index in [4.69, 9.17) is 19.7 Å². The fraction of sp³-hybridized carbons (Fsp3) is 0.800. The molecule has 2 saturated heterocycles. The zero-order valence-corrected chi connectivity index (χ0v) is 12.5. The maximum absolute atomic E-state index is 10.7. The van der Waals surface area contributed by atoms with Crippen LogP contribution in [0.25, 0.3) is 0 Å². The standard InChI is InChI=1S/2C5H8O4S/c2*1-8-4(7)5-9-3(6)2-10-5/h2*3,5-6H,2H2,1H3/t3-,5+;3-,5-/m01/s1. The second-order valence-electron chi connectivity index (χ2n) is 3.56. The number of rotatable bonds is 2. The third-order valence-corrected chi connectivity index (χ3v) is 4.30. The predicted molar refractivity (Wildman–Crippen MR) is 70.7 cm³/mol. The van der Waals surface area contributed by atoms with Gasteiger partial charge in [-0.3, -0.25) is 0 Å². The van der Waals surface area contributed by atoms with Crippen molar-refractivity contribution in [1.82, 2.24) is 0 Å². The summed E-state index contributed by atoms with van der Waals surface area (Å²) in [5.74, 6) is -0.0254. The van der Waals surface area contributed by atoms with E-state index in [2.05, 4.69) is 9.47 Å². The molecule has 0 unspecified atom stereocenters. The van der Waals surface area contributed by atoms with E-state index in [1.54, 1.807) is 0 Å². The van der Waals surface area contributed by atoms with E-state index in [-0.39, 0.29) is 0 Å². The fourth-order valence-corrected chi connectivity index (χ4v) is 2.94. The van der Waals surface area contributed by atoms with Gasteiger partial charge in [0.15, 0.2) is 12.6 Å². The molecule has 2 fully saturated rings. The summed E-state index contributed by atoms with van der Waals surface area (Å²) < 4.78 is 18.3. The molecule has 2 rings (SSSR count). The molecule has 2 heterocycles. The first kappa shape index (κ1) is 17.5. The average Bonchev–Trinajstić information content (AvgIpc) is 3.06. The number of ether oxygens (including phenoxy) is 4. The Hall–Kier alpha value is -0.520. The van der Waals surface area contributed by atoms with Gasteiger partial charge in [0.1, 0.15) is 0 Å². The molecule has 0 amide bonds. The molecule has 0 radical (unpaired) electrons. The first-order valence-electron chi connectivity index (χ1n) is 5.53. The number of aliphatic hydroxyl groups excluding tert-OH is 2. The summed E-state index contributed by atoms with van der Waals surface area (Å²) >= 11 is 2.47. The van der Waals surface area contributed by atoms with Gasteiger partial charge in [0, 0.05) is 11.5 Å². The van der Waals surface area contributed by atoms with Crippen molar-refractivity contribution < 1.29 is 38.7 Å². The Labute approximate surface area is 124 Å². The predicted octanol–water partition coefficient (Wildman–Crippen LogP) is -0.865. The number of hydrogen-bond donors (Lipinski definition) is 2. The second-order valence-corrected chi connectivity index (χ2v) is 5.75. The lowest BCUT2D eigenvalue weighted by atomic mass is 10.7. The summed E-state index contributed by atoms with van der Waals surface area (Å²) in [7, 11) is 2.58. The van der Waals surface area contributed by atoms with E-state index < -0.39 is 35.4 Å². The molecule has 4 atom stereocenters. The number of hydrogen-bond acceptors (Lipinski definition) is 10. The number of methoxy groups -OCH3 is 2. The Morgan fingerprint density at radius 1 is 0.950 bits per heavy atom. The van der Waals surface area contributed by atoms with E-state index in [9.17, 15) is 9.59 Å². The summed E-state index contributed by atoms with van der Waals surface area (Å²) in [5, 5.41) is 17.6. The molecule has 20 heavy (non-hydrogen) atoms. The van der Waals surface area contributed by atoms with Crippen molar-refractivity contribution in [3.8, 4) is 0 Å². The van der Waals surface area contributed by atoms with Gasteiger partial charge in [-0.05, 0) is 0 Å². The molecule has 2 aliphatic rings. The highest BCUT2D eigenvalue weighted by Gasteiger charge is 2.31. The number of thioether (sulfide) groups is 2. The zero-order valence-electron chi connectivity index (χ0n) is 10.9. The van der Waals surface area contributed by atoms with Crippen LogP contribution in [0.2, 0.25) is 0 Å². The highest BCUT2D eigenvalue weighted by molar-refractivity contribution is 8.00. The Bertz CT molecular complexity index is 307. The normalized spacial score (nSPS) is 32.2. The van der Waals surface area contributed by atoms with Gasteiger partial charge in [-0.25, -0.2) is 9.59 Å². The highest BCUT2D eigenvalue weighted by atomic mass is 32.2. The van der Waals surface area contributed by atoms with Crippen molar-refractivity contribution in [3.05, 3.63) is 0 Å². The maximum atomic E-state index is 10.7. The van der Waals surface area contributed by atoms with E-state index >= 15 is 0 Å². The Morgan fingerprint density at radius 2 is 1.30 bits per heavy atom. The van der Waals surface area contributed by atoms with Crippen LogP contribution in [0.15, 0.2) is 0 Å². The van der Waals surface area contributed by atoms with Crippen LogP contribution in [-0.2, 0) is 28.5 Å². The molecule has 0 aromatic carbocycles. The van der Waals surface area contributed by atoms with E-state index in [1.807, 2.05) is 0 Å². The molecule has 116 valence electrons. The van der Waals surface area contributed by atoms with Gasteiger partial charge in [0.05, 0.1) is 14.2 Å². The average molecular weight is 328 g/mol. The molecule has 10 heteroatoms. The maximum Gasteiger partial charge on any atom is 0.345 e. The third kappa shape index (κ3) is 5.46. The van der Waals surface area contributed by atoms with Gasteiger partial charge in [-0.2, -0.15) is 0 Å². The summed E-state index contributed by atoms with van der Waals surface area (Å²) in [6, 6.07) is 0. The summed E-state index contributed by atoms with van der Waals surface area (Å²) in [5.41, 5.74) is -1.28. The molecule has 0 aromatic heterocycles. The van der Waals surface area contributed by atoms with E-state index in [0.717, 1.165) is 0 Å². The van der Waals surface area contributed by atoms with Crippen LogP contribution in [0.5, 0.6) is 0 Å². The molecule has 2 N–H and O–H groups in total. The number of esters is 2. The SMILES string of the molecule is COC(=O)[C@@H]1O[C@@H](O)CS1.COC(=O)[C@@H]1O[C@H](O)CS1. The lowest BCUT2D eigenvalue weighted by Crippen LogP contribution is -2.20.